The molecule has 0 unspecified atom stereocenters. The van der Waals surface area contributed by atoms with E-state index < -0.39 is 0 Å². The van der Waals surface area contributed by atoms with Crippen LogP contribution < -0.4 is 5.56 Å². The van der Waals surface area contributed by atoms with Gasteiger partial charge >= 0.3 is 0 Å². The minimum Gasteiger partial charge on any atom is -0.301 e. The van der Waals surface area contributed by atoms with Gasteiger partial charge in [-0.05, 0) is 24.8 Å². The molecule has 0 aliphatic rings. The molecule has 2 aromatic rings. The lowest BCUT2D eigenvalue weighted by Crippen LogP contribution is -2.17. The monoisotopic (exact) mass is 264 g/mol. The molecule has 94 valence electrons. The fraction of sp³-hybridized carbons (Fsp3) is 0.231. The van der Waals surface area contributed by atoms with E-state index in [0.717, 1.165) is 0 Å². The summed E-state index contributed by atoms with van der Waals surface area (Å²) in [5, 5.41) is 0.579. The van der Waals surface area contributed by atoms with Crippen LogP contribution >= 0.6 is 11.8 Å². The highest BCUT2D eigenvalue weighted by Gasteiger charge is 2.10. The third-order valence-corrected chi connectivity index (χ3v) is 3.30. The first-order chi connectivity index (χ1) is 8.61. The second kappa shape index (κ2) is 5.35. The Labute approximate surface area is 108 Å². The van der Waals surface area contributed by atoms with Gasteiger partial charge in [0.05, 0.1) is 0 Å². The molecule has 0 radical (unpaired) electrons. The molecule has 0 saturated heterocycles. The Morgan fingerprint density at radius 3 is 2.72 bits per heavy atom. The molecule has 2 rings (SSSR count). The summed E-state index contributed by atoms with van der Waals surface area (Å²) >= 11 is 1.37. The van der Waals surface area contributed by atoms with Crippen LogP contribution in [0.15, 0.2) is 34.2 Å². The lowest BCUT2D eigenvalue weighted by atomic mass is 10.0. The molecular weight excluding hydrogens is 251 g/mol. The summed E-state index contributed by atoms with van der Waals surface area (Å²) in [4.78, 5) is 18.8. The van der Waals surface area contributed by atoms with Gasteiger partial charge in [0.15, 0.2) is 5.16 Å². The lowest BCUT2D eigenvalue weighted by molar-refractivity contribution is 0.613. The molecule has 0 spiro atoms. The molecule has 0 fully saturated rings. The number of aryl methyl sites for hydroxylation is 1. The quantitative estimate of drug-likeness (QED) is 0.684. The minimum atomic E-state index is -0.301. The van der Waals surface area contributed by atoms with E-state index in [2.05, 4.69) is 9.97 Å². The van der Waals surface area contributed by atoms with Crippen LogP contribution in [0.4, 0.5) is 4.39 Å². The zero-order chi connectivity index (χ0) is 13.1. The zero-order valence-corrected chi connectivity index (χ0v) is 11.0. The van der Waals surface area contributed by atoms with Gasteiger partial charge in [-0.2, -0.15) is 0 Å². The average molecular weight is 264 g/mol. The van der Waals surface area contributed by atoms with E-state index in [1.807, 2.05) is 6.26 Å². The second-order valence-electron chi connectivity index (χ2n) is 3.91. The first-order valence-corrected chi connectivity index (χ1v) is 6.71. The van der Waals surface area contributed by atoms with Crippen molar-refractivity contribution in [3.63, 3.8) is 0 Å². The number of nitrogens with one attached hydrogen (secondary N) is 1. The van der Waals surface area contributed by atoms with Crippen molar-refractivity contribution < 1.29 is 4.39 Å². The summed E-state index contributed by atoms with van der Waals surface area (Å²) in [5.41, 5.74) is 1.46. The summed E-state index contributed by atoms with van der Waals surface area (Å²) in [6.07, 6.45) is 2.10. The van der Waals surface area contributed by atoms with Crippen molar-refractivity contribution in [2.45, 2.75) is 18.5 Å². The maximum absolute atomic E-state index is 13.5. The Kier molecular flexibility index (Phi) is 3.81. The molecule has 0 saturated carbocycles. The van der Waals surface area contributed by atoms with Gasteiger partial charge in [0.2, 0.25) is 0 Å². The first-order valence-electron chi connectivity index (χ1n) is 5.49. The maximum atomic E-state index is 13.5. The van der Waals surface area contributed by atoms with Gasteiger partial charge < -0.3 is 4.98 Å². The molecule has 0 amide bonds. The number of aromatic nitrogens is 2. The summed E-state index contributed by atoms with van der Waals surface area (Å²) in [6.45, 7) is 1.77. The molecule has 0 atom stereocenters. The van der Waals surface area contributed by atoms with Gasteiger partial charge in [0.25, 0.3) is 5.56 Å². The predicted octanol–water partition coefficient (Wildman–Crippen LogP) is 2.53. The van der Waals surface area contributed by atoms with Gasteiger partial charge in [0, 0.05) is 17.7 Å². The molecule has 5 heteroatoms. The predicted molar refractivity (Wildman–Crippen MR) is 70.6 cm³/mol. The highest BCUT2D eigenvalue weighted by atomic mass is 32.2. The van der Waals surface area contributed by atoms with Crippen molar-refractivity contribution in [2.75, 3.05) is 6.26 Å². The first kappa shape index (κ1) is 12.8. The Balaban J connectivity index is 2.42. The van der Waals surface area contributed by atoms with Gasteiger partial charge in [-0.15, -0.1) is 0 Å². The fourth-order valence-corrected chi connectivity index (χ4v) is 2.14. The van der Waals surface area contributed by atoms with E-state index in [1.54, 1.807) is 25.1 Å². The fourth-order valence-electron chi connectivity index (χ4n) is 1.72. The Morgan fingerprint density at radius 2 is 2.11 bits per heavy atom. The molecule has 3 nitrogen and oxygen atoms in total. The molecule has 0 bridgehead atoms. The van der Waals surface area contributed by atoms with Crippen LogP contribution in [0.2, 0.25) is 0 Å². The van der Waals surface area contributed by atoms with E-state index in [9.17, 15) is 9.18 Å². The van der Waals surface area contributed by atoms with Crippen LogP contribution in [0.3, 0.4) is 0 Å². The Morgan fingerprint density at radius 1 is 1.39 bits per heavy atom. The largest absolute Gasteiger partial charge is 0.301 e. The van der Waals surface area contributed by atoms with Crippen LogP contribution in [0.25, 0.3) is 0 Å². The second-order valence-corrected chi connectivity index (χ2v) is 4.70. The molecule has 1 heterocycles. The van der Waals surface area contributed by atoms with Gasteiger partial charge in [-0.25, -0.2) is 9.37 Å². The van der Waals surface area contributed by atoms with Crippen LogP contribution in [-0.2, 0) is 6.42 Å². The lowest BCUT2D eigenvalue weighted by Gasteiger charge is -2.06. The molecule has 18 heavy (non-hydrogen) atoms. The number of nitrogens with zero attached hydrogens (tertiary/aromatic N) is 1. The molecule has 1 aromatic carbocycles. The van der Waals surface area contributed by atoms with E-state index in [1.165, 1.54) is 17.8 Å². The molecule has 1 aromatic heterocycles. The minimum absolute atomic E-state index is 0.199. The van der Waals surface area contributed by atoms with Crippen molar-refractivity contribution >= 4 is 11.8 Å². The summed E-state index contributed by atoms with van der Waals surface area (Å²) in [6, 6.07) is 6.45. The third kappa shape index (κ3) is 2.61. The number of benzene rings is 1. The number of aromatic amines is 1. The van der Waals surface area contributed by atoms with E-state index >= 15 is 0 Å². The normalized spacial score (nSPS) is 10.6. The number of hydrogen-bond acceptors (Lipinski definition) is 3. The van der Waals surface area contributed by atoms with Gasteiger partial charge in [-0.1, -0.05) is 30.0 Å². The zero-order valence-electron chi connectivity index (χ0n) is 10.2. The summed E-state index contributed by atoms with van der Waals surface area (Å²) in [7, 11) is 0. The van der Waals surface area contributed by atoms with Crippen LogP contribution in [0, 0.1) is 12.7 Å². The highest BCUT2D eigenvalue weighted by molar-refractivity contribution is 7.98. The van der Waals surface area contributed by atoms with E-state index in [4.69, 9.17) is 0 Å². The van der Waals surface area contributed by atoms with Crippen molar-refractivity contribution in [3.8, 4) is 0 Å². The molecular formula is C13H13FN2OS. The average Bonchev–Trinajstić information content (AvgIpc) is 2.35. The van der Waals surface area contributed by atoms with Crippen molar-refractivity contribution in [3.05, 3.63) is 57.3 Å². The van der Waals surface area contributed by atoms with Gasteiger partial charge in [0.1, 0.15) is 5.82 Å². The van der Waals surface area contributed by atoms with Crippen LogP contribution in [-0.4, -0.2) is 16.2 Å². The maximum Gasteiger partial charge on any atom is 0.255 e. The Hall–Kier alpha value is -1.62. The number of H-pyrrole nitrogens is 1. The van der Waals surface area contributed by atoms with Crippen molar-refractivity contribution in [2.24, 2.45) is 0 Å². The number of rotatable bonds is 3. The smallest absolute Gasteiger partial charge is 0.255 e. The number of hydrogen-bond donors (Lipinski definition) is 1. The molecule has 0 aliphatic carbocycles. The third-order valence-electron chi connectivity index (χ3n) is 2.72. The number of halogens is 1. The van der Waals surface area contributed by atoms with E-state index in [-0.39, 0.29) is 17.8 Å². The molecule has 0 aliphatic heterocycles. The molecule has 1 N–H and O–H groups in total. The van der Waals surface area contributed by atoms with Crippen LogP contribution in [0.5, 0.6) is 0 Å². The van der Waals surface area contributed by atoms with Crippen molar-refractivity contribution in [1.29, 1.82) is 0 Å². The highest BCUT2D eigenvalue weighted by Crippen LogP contribution is 2.14. The van der Waals surface area contributed by atoms with Crippen LogP contribution in [0.1, 0.15) is 16.8 Å². The Bertz CT molecular complexity index is 625. The van der Waals surface area contributed by atoms with Gasteiger partial charge in [-0.3, -0.25) is 4.79 Å². The SMILES string of the molecule is CSc1nc(C)c(Cc2ccccc2F)c(=O)[nH]1. The summed E-state index contributed by atoms with van der Waals surface area (Å²) in [5.74, 6) is -0.301. The standard InChI is InChI=1S/C13H13FN2OS/c1-8-10(12(17)16-13(15-8)18-2)7-9-5-3-4-6-11(9)14/h3-6H,7H2,1-2H3,(H,15,16,17). The summed E-state index contributed by atoms with van der Waals surface area (Å²) < 4.78 is 13.5. The topological polar surface area (TPSA) is 45.8 Å². The van der Waals surface area contributed by atoms with E-state index in [0.29, 0.717) is 22.0 Å². The van der Waals surface area contributed by atoms with Crippen molar-refractivity contribution in [1.82, 2.24) is 9.97 Å². The number of thioether (sulfide) groups is 1.